The van der Waals surface area contributed by atoms with Gasteiger partial charge in [0.2, 0.25) is 5.95 Å². The Labute approximate surface area is 148 Å². The van der Waals surface area contributed by atoms with Gasteiger partial charge in [0.25, 0.3) is 5.56 Å². The molecule has 3 heterocycles. The normalized spacial score (nSPS) is 13.6. The first-order valence-corrected chi connectivity index (χ1v) is 8.08. The molecule has 1 atom stereocenters. The molecule has 3 N–H and O–H groups in total. The van der Waals surface area contributed by atoms with Crippen LogP contribution in [0.5, 0.6) is 0 Å². The smallest absolute Gasteiger partial charge is 0.263 e. The molecular weight excluding hydrogens is 334 g/mol. The summed E-state index contributed by atoms with van der Waals surface area (Å²) in [5.41, 5.74) is -0.331. The van der Waals surface area contributed by atoms with Crippen LogP contribution in [-0.2, 0) is 5.60 Å². The predicted octanol–water partition coefficient (Wildman–Crippen LogP) is 2.02. The van der Waals surface area contributed by atoms with Gasteiger partial charge >= 0.3 is 0 Å². The van der Waals surface area contributed by atoms with E-state index in [1.807, 2.05) is 30.3 Å². The van der Waals surface area contributed by atoms with E-state index >= 15 is 0 Å². The molecule has 0 amide bonds. The Kier molecular flexibility index (Phi) is 3.81. The molecular formula is C18H17N5O3. The standard InChI is InChI=1S/C18H17N5O3/c1-18(25,14-8-5-9-26-14)11-19-17-21-15-13(16(24)22-17)10-20-23(15)12-6-3-2-4-7-12/h2-10,25H,11H2,1H3,(H2,19,21,22,24). The maximum absolute atomic E-state index is 12.3. The molecule has 0 radical (unpaired) electrons. The van der Waals surface area contributed by atoms with Gasteiger partial charge in [0.05, 0.1) is 24.7 Å². The minimum Gasteiger partial charge on any atom is -0.466 e. The van der Waals surface area contributed by atoms with Crippen molar-refractivity contribution in [2.75, 3.05) is 11.9 Å². The molecule has 8 nitrogen and oxygen atoms in total. The molecule has 3 aromatic heterocycles. The van der Waals surface area contributed by atoms with Gasteiger partial charge in [-0.25, -0.2) is 4.68 Å². The van der Waals surface area contributed by atoms with E-state index in [0.717, 1.165) is 5.69 Å². The third-order valence-electron chi connectivity index (χ3n) is 4.09. The van der Waals surface area contributed by atoms with Gasteiger partial charge in [0.15, 0.2) is 5.65 Å². The van der Waals surface area contributed by atoms with Gasteiger partial charge in [-0.15, -0.1) is 0 Å². The van der Waals surface area contributed by atoms with Crippen LogP contribution in [0, 0.1) is 0 Å². The fourth-order valence-electron chi connectivity index (χ4n) is 2.69. The molecule has 0 spiro atoms. The lowest BCUT2D eigenvalue weighted by Crippen LogP contribution is -2.31. The zero-order valence-corrected chi connectivity index (χ0v) is 14.0. The molecule has 1 aromatic carbocycles. The van der Waals surface area contributed by atoms with Crippen LogP contribution < -0.4 is 10.9 Å². The van der Waals surface area contributed by atoms with Crippen molar-refractivity contribution < 1.29 is 9.52 Å². The molecule has 0 bridgehead atoms. The summed E-state index contributed by atoms with van der Waals surface area (Å²) in [4.78, 5) is 19.4. The van der Waals surface area contributed by atoms with Gasteiger partial charge < -0.3 is 14.8 Å². The van der Waals surface area contributed by atoms with E-state index in [2.05, 4.69) is 20.4 Å². The lowest BCUT2D eigenvalue weighted by atomic mass is 10.0. The average molecular weight is 351 g/mol. The second-order valence-electron chi connectivity index (χ2n) is 6.15. The number of aliphatic hydroxyl groups is 1. The number of nitrogens with one attached hydrogen (secondary N) is 2. The van der Waals surface area contributed by atoms with Crippen LogP contribution >= 0.6 is 0 Å². The number of furan rings is 1. The molecule has 1 unspecified atom stereocenters. The lowest BCUT2D eigenvalue weighted by molar-refractivity contribution is 0.0475. The number of nitrogens with zero attached hydrogens (tertiary/aromatic N) is 3. The fraction of sp³-hybridized carbons (Fsp3) is 0.167. The zero-order chi connectivity index (χ0) is 18.1. The van der Waals surface area contributed by atoms with Crippen molar-refractivity contribution in [2.24, 2.45) is 0 Å². The van der Waals surface area contributed by atoms with E-state index in [1.165, 1.54) is 12.5 Å². The summed E-state index contributed by atoms with van der Waals surface area (Å²) in [5, 5.41) is 18.1. The summed E-state index contributed by atoms with van der Waals surface area (Å²) < 4.78 is 6.85. The SMILES string of the molecule is CC(O)(CNc1nc2c(cnn2-c2ccccc2)c(=O)[nH]1)c1ccco1. The Bertz CT molecular complexity index is 1080. The van der Waals surface area contributed by atoms with Crippen molar-refractivity contribution in [3.05, 3.63) is 71.0 Å². The third-order valence-corrected chi connectivity index (χ3v) is 4.09. The predicted molar refractivity (Wildman–Crippen MR) is 96.3 cm³/mol. The Hall–Kier alpha value is -3.39. The fourth-order valence-corrected chi connectivity index (χ4v) is 2.69. The number of fused-ring (bicyclic) bond motifs is 1. The van der Waals surface area contributed by atoms with Crippen molar-refractivity contribution in [1.82, 2.24) is 19.7 Å². The van der Waals surface area contributed by atoms with Gasteiger partial charge in [0, 0.05) is 0 Å². The van der Waals surface area contributed by atoms with Crippen LogP contribution in [0.15, 0.2) is 64.1 Å². The van der Waals surface area contributed by atoms with Crippen LogP contribution in [-0.4, -0.2) is 31.4 Å². The molecule has 0 saturated carbocycles. The minimum absolute atomic E-state index is 0.106. The second kappa shape index (κ2) is 6.16. The number of aromatic nitrogens is 4. The van der Waals surface area contributed by atoms with Crippen LogP contribution in [0.4, 0.5) is 5.95 Å². The number of hydrogen-bond donors (Lipinski definition) is 3. The zero-order valence-electron chi connectivity index (χ0n) is 14.0. The minimum atomic E-state index is -1.25. The summed E-state index contributed by atoms with van der Waals surface area (Å²) in [6, 6.07) is 12.8. The molecule has 4 rings (SSSR count). The van der Waals surface area contributed by atoms with Crippen molar-refractivity contribution in [3.63, 3.8) is 0 Å². The average Bonchev–Trinajstić information content (AvgIpc) is 3.31. The van der Waals surface area contributed by atoms with Crippen LogP contribution in [0.25, 0.3) is 16.7 Å². The first kappa shape index (κ1) is 16.1. The highest BCUT2D eigenvalue weighted by atomic mass is 16.4. The van der Waals surface area contributed by atoms with E-state index in [-0.39, 0.29) is 18.1 Å². The number of hydrogen-bond acceptors (Lipinski definition) is 6. The highest BCUT2D eigenvalue weighted by Crippen LogP contribution is 2.21. The molecule has 8 heteroatoms. The maximum atomic E-state index is 12.3. The first-order chi connectivity index (χ1) is 12.5. The Morgan fingerprint density at radius 1 is 1.27 bits per heavy atom. The van der Waals surface area contributed by atoms with Crippen LogP contribution in [0.1, 0.15) is 12.7 Å². The number of anilines is 1. The van der Waals surface area contributed by atoms with Crippen molar-refractivity contribution in [3.8, 4) is 5.69 Å². The number of para-hydroxylation sites is 1. The van der Waals surface area contributed by atoms with Gasteiger partial charge in [-0.05, 0) is 31.2 Å². The maximum Gasteiger partial charge on any atom is 0.263 e. The van der Waals surface area contributed by atoms with Crippen molar-refractivity contribution in [2.45, 2.75) is 12.5 Å². The summed E-state index contributed by atoms with van der Waals surface area (Å²) in [6.07, 6.45) is 2.98. The quantitative estimate of drug-likeness (QED) is 0.507. The summed E-state index contributed by atoms with van der Waals surface area (Å²) >= 11 is 0. The van der Waals surface area contributed by atoms with Gasteiger partial charge in [0.1, 0.15) is 16.7 Å². The Balaban J connectivity index is 1.67. The van der Waals surface area contributed by atoms with Gasteiger partial charge in [-0.3, -0.25) is 9.78 Å². The molecule has 26 heavy (non-hydrogen) atoms. The topological polar surface area (TPSA) is 109 Å². The van der Waals surface area contributed by atoms with Crippen molar-refractivity contribution in [1.29, 1.82) is 0 Å². The monoisotopic (exact) mass is 351 g/mol. The molecule has 0 aliphatic rings. The number of H-pyrrole nitrogens is 1. The molecule has 0 aliphatic heterocycles. The van der Waals surface area contributed by atoms with Crippen molar-refractivity contribution >= 4 is 17.0 Å². The Morgan fingerprint density at radius 3 is 2.81 bits per heavy atom. The van der Waals surface area contributed by atoms with Gasteiger partial charge in [-0.1, -0.05) is 18.2 Å². The molecule has 0 aliphatic carbocycles. The van der Waals surface area contributed by atoms with Gasteiger partial charge in [-0.2, -0.15) is 10.1 Å². The third kappa shape index (κ3) is 2.86. The second-order valence-corrected chi connectivity index (χ2v) is 6.15. The van der Waals surface area contributed by atoms with E-state index in [9.17, 15) is 9.90 Å². The number of aromatic amines is 1. The first-order valence-electron chi connectivity index (χ1n) is 8.08. The summed E-state index contributed by atoms with van der Waals surface area (Å²) in [5.74, 6) is 0.662. The van der Waals surface area contributed by atoms with E-state index in [4.69, 9.17) is 4.42 Å². The number of benzene rings is 1. The largest absolute Gasteiger partial charge is 0.466 e. The van der Waals surface area contributed by atoms with E-state index in [0.29, 0.717) is 16.8 Å². The summed E-state index contributed by atoms with van der Waals surface area (Å²) in [6.45, 7) is 1.72. The summed E-state index contributed by atoms with van der Waals surface area (Å²) in [7, 11) is 0. The van der Waals surface area contributed by atoms with E-state index < -0.39 is 5.60 Å². The molecule has 132 valence electrons. The lowest BCUT2D eigenvalue weighted by Gasteiger charge is -2.21. The molecule has 0 saturated heterocycles. The molecule has 0 fully saturated rings. The highest BCUT2D eigenvalue weighted by Gasteiger charge is 2.26. The Morgan fingerprint density at radius 2 is 2.08 bits per heavy atom. The van der Waals surface area contributed by atoms with Crippen LogP contribution in [0.2, 0.25) is 0 Å². The van der Waals surface area contributed by atoms with Crippen LogP contribution in [0.3, 0.4) is 0 Å². The number of rotatable bonds is 5. The highest BCUT2D eigenvalue weighted by molar-refractivity contribution is 5.76. The van der Waals surface area contributed by atoms with E-state index in [1.54, 1.807) is 23.7 Å². The molecule has 4 aromatic rings.